The fourth-order valence-corrected chi connectivity index (χ4v) is 1.57. The van der Waals surface area contributed by atoms with Crippen LogP contribution >= 0.6 is 11.6 Å². The van der Waals surface area contributed by atoms with Gasteiger partial charge in [0.25, 0.3) is 0 Å². The first-order chi connectivity index (χ1) is 8.90. The van der Waals surface area contributed by atoms with Gasteiger partial charge in [0.2, 0.25) is 0 Å². The Kier molecular flexibility index (Phi) is 5.38. The van der Waals surface area contributed by atoms with E-state index < -0.39 is 18.5 Å². The molecule has 0 unspecified atom stereocenters. The van der Waals surface area contributed by atoms with Crippen molar-refractivity contribution in [3.63, 3.8) is 0 Å². The van der Waals surface area contributed by atoms with Crippen LogP contribution in [0.15, 0.2) is 36.4 Å². The zero-order valence-electron chi connectivity index (χ0n) is 10.5. The second-order valence-corrected chi connectivity index (χ2v) is 4.51. The lowest BCUT2D eigenvalue weighted by molar-refractivity contribution is -0.135. The van der Waals surface area contributed by atoms with Crippen LogP contribution in [0.4, 0.5) is 10.5 Å². The number of carboxylic acids is 1. The molecule has 6 heteroatoms. The number of rotatable bonds is 5. The molecule has 0 saturated carbocycles. The molecule has 102 valence electrons. The Hall–Kier alpha value is -2.01. The molecule has 0 aliphatic heterocycles. The number of urea groups is 1. The number of halogens is 1. The number of hydrogen-bond donors (Lipinski definition) is 2. The second-order valence-electron chi connectivity index (χ2n) is 4.08. The minimum atomic E-state index is -1.11. The lowest BCUT2D eigenvalue weighted by Gasteiger charge is -2.21. The first kappa shape index (κ1) is 15.0. The van der Waals surface area contributed by atoms with E-state index in [2.05, 4.69) is 11.9 Å². The smallest absolute Gasteiger partial charge is 0.323 e. The zero-order valence-corrected chi connectivity index (χ0v) is 11.3. The van der Waals surface area contributed by atoms with Crippen molar-refractivity contribution in [2.24, 2.45) is 0 Å². The Labute approximate surface area is 116 Å². The Balaban J connectivity index is 2.91. The molecule has 0 bridgehead atoms. The SMILES string of the molecule is C=C(C)CNC(=O)N(CC(=O)O)c1cccc(Cl)c1. The number of carbonyl (C=O) groups is 2. The van der Waals surface area contributed by atoms with Crippen LogP contribution in [0.5, 0.6) is 0 Å². The van der Waals surface area contributed by atoms with Gasteiger partial charge in [-0.3, -0.25) is 9.69 Å². The third kappa shape index (κ3) is 5.01. The highest BCUT2D eigenvalue weighted by Gasteiger charge is 2.18. The summed E-state index contributed by atoms with van der Waals surface area (Å²) in [5.74, 6) is -1.11. The molecule has 0 spiro atoms. The third-order valence-corrected chi connectivity index (χ3v) is 2.43. The summed E-state index contributed by atoms with van der Waals surface area (Å²) in [6.45, 7) is 5.27. The van der Waals surface area contributed by atoms with Crippen molar-refractivity contribution in [2.75, 3.05) is 18.0 Å². The number of carboxylic acid groups (broad SMARTS) is 1. The van der Waals surface area contributed by atoms with E-state index in [1.54, 1.807) is 25.1 Å². The second kappa shape index (κ2) is 6.80. The summed E-state index contributed by atoms with van der Waals surface area (Å²) in [6, 6.07) is 5.95. The van der Waals surface area contributed by atoms with Gasteiger partial charge >= 0.3 is 12.0 Å². The lowest BCUT2D eigenvalue weighted by atomic mass is 10.3. The minimum Gasteiger partial charge on any atom is -0.480 e. The largest absolute Gasteiger partial charge is 0.480 e. The topological polar surface area (TPSA) is 69.6 Å². The molecule has 0 aliphatic carbocycles. The zero-order chi connectivity index (χ0) is 14.4. The first-order valence-electron chi connectivity index (χ1n) is 5.57. The van der Waals surface area contributed by atoms with Crippen LogP contribution in [0.1, 0.15) is 6.92 Å². The molecule has 1 aromatic carbocycles. The molecule has 19 heavy (non-hydrogen) atoms. The van der Waals surface area contributed by atoms with Crippen LogP contribution in [0, 0.1) is 0 Å². The van der Waals surface area contributed by atoms with E-state index >= 15 is 0 Å². The Morgan fingerprint density at radius 3 is 2.68 bits per heavy atom. The fraction of sp³-hybridized carbons (Fsp3) is 0.231. The molecule has 0 aliphatic rings. The van der Waals surface area contributed by atoms with E-state index in [-0.39, 0.29) is 6.54 Å². The number of carbonyl (C=O) groups excluding carboxylic acids is 1. The molecule has 1 rings (SSSR count). The van der Waals surface area contributed by atoms with E-state index in [1.807, 2.05) is 0 Å². The number of anilines is 1. The number of nitrogens with one attached hydrogen (secondary N) is 1. The summed E-state index contributed by atoms with van der Waals surface area (Å²) >= 11 is 5.84. The highest BCUT2D eigenvalue weighted by molar-refractivity contribution is 6.30. The summed E-state index contributed by atoms with van der Waals surface area (Å²) in [4.78, 5) is 23.9. The quantitative estimate of drug-likeness (QED) is 0.815. The van der Waals surface area contributed by atoms with E-state index in [9.17, 15) is 9.59 Å². The van der Waals surface area contributed by atoms with Gasteiger partial charge in [0, 0.05) is 17.3 Å². The number of nitrogens with zero attached hydrogens (tertiary/aromatic N) is 1. The van der Waals surface area contributed by atoms with Crippen LogP contribution in [-0.2, 0) is 4.79 Å². The maximum Gasteiger partial charge on any atom is 0.323 e. The van der Waals surface area contributed by atoms with Crippen LogP contribution in [0.2, 0.25) is 5.02 Å². The Morgan fingerprint density at radius 2 is 2.16 bits per heavy atom. The molecule has 0 heterocycles. The maximum absolute atomic E-state index is 12.0. The number of hydrogen-bond acceptors (Lipinski definition) is 2. The summed E-state index contributed by atoms with van der Waals surface area (Å²) in [6.07, 6.45) is 0. The maximum atomic E-state index is 12.0. The van der Waals surface area contributed by atoms with E-state index in [1.165, 1.54) is 6.07 Å². The number of aliphatic carboxylic acids is 1. The van der Waals surface area contributed by atoms with Gasteiger partial charge in [-0.15, -0.1) is 0 Å². The van der Waals surface area contributed by atoms with Crippen molar-refractivity contribution < 1.29 is 14.7 Å². The van der Waals surface area contributed by atoms with E-state index in [0.717, 1.165) is 10.5 Å². The molecule has 0 atom stereocenters. The van der Waals surface area contributed by atoms with Crippen LogP contribution < -0.4 is 10.2 Å². The number of amides is 2. The van der Waals surface area contributed by atoms with Crippen molar-refractivity contribution in [1.29, 1.82) is 0 Å². The highest BCUT2D eigenvalue weighted by Crippen LogP contribution is 2.19. The molecule has 1 aromatic rings. The van der Waals surface area contributed by atoms with Gasteiger partial charge in [0.05, 0.1) is 0 Å². The first-order valence-corrected chi connectivity index (χ1v) is 5.95. The van der Waals surface area contributed by atoms with Crippen LogP contribution in [-0.4, -0.2) is 30.2 Å². The summed E-state index contributed by atoms with van der Waals surface area (Å²) < 4.78 is 0. The van der Waals surface area contributed by atoms with Gasteiger partial charge in [-0.2, -0.15) is 0 Å². The number of benzene rings is 1. The van der Waals surface area contributed by atoms with Gasteiger partial charge in [-0.25, -0.2) is 4.79 Å². The van der Waals surface area contributed by atoms with E-state index in [0.29, 0.717) is 10.7 Å². The molecular formula is C13H15ClN2O3. The summed E-state index contributed by atoms with van der Waals surface area (Å²) in [5, 5.41) is 11.9. The molecule has 0 radical (unpaired) electrons. The average molecular weight is 283 g/mol. The van der Waals surface area contributed by atoms with Gasteiger partial charge in [-0.05, 0) is 25.1 Å². The molecular weight excluding hydrogens is 268 g/mol. The van der Waals surface area contributed by atoms with Crippen molar-refractivity contribution in [2.45, 2.75) is 6.92 Å². The molecule has 5 nitrogen and oxygen atoms in total. The third-order valence-electron chi connectivity index (χ3n) is 2.20. The normalized spacial score (nSPS) is 9.79. The van der Waals surface area contributed by atoms with Gasteiger partial charge in [0.15, 0.2) is 0 Å². The minimum absolute atomic E-state index is 0.287. The predicted octanol–water partition coefficient (Wildman–Crippen LogP) is 2.52. The van der Waals surface area contributed by atoms with Crippen LogP contribution in [0.25, 0.3) is 0 Å². The van der Waals surface area contributed by atoms with Crippen molar-refractivity contribution in [3.05, 3.63) is 41.4 Å². The lowest BCUT2D eigenvalue weighted by Crippen LogP contribution is -2.43. The monoisotopic (exact) mass is 282 g/mol. The average Bonchev–Trinajstić information content (AvgIpc) is 2.32. The fourth-order valence-electron chi connectivity index (χ4n) is 1.38. The molecule has 0 fully saturated rings. The van der Waals surface area contributed by atoms with Crippen LogP contribution in [0.3, 0.4) is 0 Å². The predicted molar refractivity (Wildman–Crippen MR) is 74.6 cm³/mol. The van der Waals surface area contributed by atoms with Crippen molar-refractivity contribution in [1.82, 2.24) is 5.32 Å². The summed E-state index contributed by atoms with van der Waals surface area (Å²) in [7, 11) is 0. The standard InChI is InChI=1S/C13H15ClN2O3/c1-9(2)7-15-13(19)16(8-12(17)18)11-5-3-4-10(14)6-11/h3-6H,1,7-8H2,2H3,(H,15,19)(H,17,18). The van der Waals surface area contributed by atoms with Crippen molar-refractivity contribution >= 4 is 29.3 Å². The molecule has 0 saturated heterocycles. The summed E-state index contributed by atoms with van der Waals surface area (Å²) in [5.41, 5.74) is 1.20. The van der Waals surface area contributed by atoms with E-state index in [4.69, 9.17) is 16.7 Å². The molecule has 2 amide bonds. The van der Waals surface area contributed by atoms with Gasteiger partial charge in [0.1, 0.15) is 6.54 Å². The Bertz CT molecular complexity index is 502. The molecule has 0 aromatic heterocycles. The van der Waals surface area contributed by atoms with Gasteiger partial charge < -0.3 is 10.4 Å². The highest BCUT2D eigenvalue weighted by atomic mass is 35.5. The molecule has 2 N–H and O–H groups in total. The Morgan fingerprint density at radius 1 is 1.47 bits per heavy atom. The van der Waals surface area contributed by atoms with Crippen molar-refractivity contribution in [3.8, 4) is 0 Å². The van der Waals surface area contributed by atoms with Gasteiger partial charge in [-0.1, -0.05) is 29.8 Å².